The normalized spacial score (nSPS) is 10.9. The van der Waals surface area contributed by atoms with Gasteiger partial charge in [-0.2, -0.15) is 9.97 Å². The van der Waals surface area contributed by atoms with Crippen molar-refractivity contribution in [2.75, 3.05) is 10.6 Å². The van der Waals surface area contributed by atoms with Crippen LogP contribution in [0.4, 0.5) is 23.1 Å². The molecule has 0 fully saturated rings. The highest BCUT2D eigenvalue weighted by molar-refractivity contribution is 5.86. The van der Waals surface area contributed by atoms with Crippen molar-refractivity contribution >= 4 is 34.3 Å². The lowest BCUT2D eigenvalue weighted by molar-refractivity contribution is 1.14. The molecule has 4 rings (SSSR count). The number of rotatable bonds is 4. The second-order valence-electron chi connectivity index (χ2n) is 7.07. The van der Waals surface area contributed by atoms with Gasteiger partial charge in [-0.25, -0.2) is 9.97 Å². The van der Waals surface area contributed by atoms with E-state index in [1.54, 1.807) is 12.4 Å². The summed E-state index contributed by atoms with van der Waals surface area (Å²) in [6, 6.07) is 12.5. The zero-order valence-corrected chi connectivity index (χ0v) is 16.4. The summed E-state index contributed by atoms with van der Waals surface area (Å²) < 4.78 is 0. The van der Waals surface area contributed by atoms with Crippen molar-refractivity contribution < 1.29 is 0 Å². The number of nitrogens with one attached hydrogen (secondary N) is 2. The quantitative estimate of drug-likeness (QED) is 0.518. The predicted molar refractivity (Wildman–Crippen MR) is 114 cm³/mol. The molecule has 140 valence electrons. The standard InChI is InChI=1S/C22H22N6/c1-13-5-6-16(4)18(12-13)26-21-19-20(24-8-7-23-19)27-22(28-21)25-17-10-14(2)9-15(3)11-17/h5-12H,1-4H3,(H2,24,25,26,27,28). The Morgan fingerprint density at radius 3 is 2.25 bits per heavy atom. The molecule has 0 aliphatic heterocycles. The number of benzene rings is 2. The van der Waals surface area contributed by atoms with Crippen LogP contribution in [0.2, 0.25) is 0 Å². The molecule has 2 N–H and O–H groups in total. The third kappa shape index (κ3) is 3.76. The van der Waals surface area contributed by atoms with Crippen molar-refractivity contribution in [1.29, 1.82) is 0 Å². The van der Waals surface area contributed by atoms with Crippen LogP contribution in [0.25, 0.3) is 11.2 Å². The number of hydrogen-bond donors (Lipinski definition) is 2. The summed E-state index contributed by atoms with van der Waals surface area (Å²) in [6.45, 7) is 8.26. The molecule has 0 unspecified atom stereocenters. The molecule has 0 saturated carbocycles. The molecule has 6 nitrogen and oxygen atoms in total. The Balaban J connectivity index is 1.78. The fourth-order valence-electron chi connectivity index (χ4n) is 3.18. The first-order valence-electron chi connectivity index (χ1n) is 9.16. The molecule has 2 heterocycles. The monoisotopic (exact) mass is 370 g/mol. The number of aryl methyl sites for hydroxylation is 4. The van der Waals surface area contributed by atoms with Crippen molar-refractivity contribution in [2.24, 2.45) is 0 Å². The van der Waals surface area contributed by atoms with E-state index in [0.717, 1.165) is 16.9 Å². The molecule has 2 aromatic heterocycles. The molecule has 0 aliphatic carbocycles. The fraction of sp³-hybridized carbons (Fsp3) is 0.182. The molecule has 2 aromatic carbocycles. The Kier molecular flexibility index (Phi) is 4.61. The second-order valence-corrected chi connectivity index (χ2v) is 7.07. The third-order valence-electron chi connectivity index (χ3n) is 4.46. The lowest BCUT2D eigenvalue weighted by Crippen LogP contribution is -2.05. The Morgan fingerprint density at radius 1 is 0.714 bits per heavy atom. The van der Waals surface area contributed by atoms with Gasteiger partial charge in [0, 0.05) is 23.8 Å². The zero-order chi connectivity index (χ0) is 19.7. The summed E-state index contributed by atoms with van der Waals surface area (Å²) >= 11 is 0. The maximum Gasteiger partial charge on any atom is 0.231 e. The van der Waals surface area contributed by atoms with Crippen LogP contribution in [0, 0.1) is 27.7 Å². The van der Waals surface area contributed by atoms with E-state index in [4.69, 9.17) is 0 Å². The Hall–Kier alpha value is -3.54. The maximum absolute atomic E-state index is 4.69. The molecule has 0 spiro atoms. The number of anilines is 4. The van der Waals surface area contributed by atoms with Gasteiger partial charge in [0.15, 0.2) is 17.0 Å². The predicted octanol–water partition coefficient (Wildman–Crippen LogP) is 5.14. The molecule has 0 bridgehead atoms. The van der Waals surface area contributed by atoms with E-state index in [1.165, 1.54) is 16.7 Å². The van der Waals surface area contributed by atoms with Crippen LogP contribution in [0.5, 0.6) is 0 Å². The summed E-state index contributed by atoms with van der Waals surface area (Å²) in [5, 5.41) is 6.71. The minimum atomic E-state index is 0.478. The van der Waals surface area contributed by atoms with Gasteiger partial charge in [0.05, 0.1) is 0 Å². The molecule has 0 atom stereocenters. The van der Waals surface area contributed by atoms with Crippen molar-refractivity contribution in [3.63, 3.8) is 0 Å². The van der Waals surface area contributed by atoms with Gasteiger partial charge < -0.3 is 10.6 Å². The van der Waals surface area contributed by atoms with Gasteiger partial charge in [0.25, 0.3) is 0 Å². The van der Waals surface area contributed by atoms with E-state index in [-0.39, 0.29) is 0 Å². The largest absolute Gasteiger partial charge is 0.338 e. The first kappa shape index (κ1) is 17.9. The Morgan fingerprint density at radius 2 is 1.46 bits per heavy atom. The van der Waals surface area contributed by atoms with Gasteiger partial charge in [-0.1, -0.05) is 18.2 Å². The summed E-state index contributed by atoms with van der Waals surface area (Å²) in [7, 11) is 0. The Labute approximate surface area is 164 Å². The SMILES string of the molecule is Cc1cc(C)cc(Nc2nc(Nc3cc(C)ccc3C)c3nccnc3n2)c1. The summed E-state index contributed by atoms with van der Waals surface area (Å²) in [5.74, 6) is 1.10. The smallest absolute Gasteiger partial charge is 0.231 e. The topological polar surface area (TPSA) is 75.6 Å². The zero-order valence-electron chi connectivity index (χ0n) is 16.4. The Bertz CT molecular complexity index is 1150. The van der Waals surface area contributed by atoms with Crippen LogP contribution >= 0.6 is 0 Å². The minimum absolute atomic E-state index is 0.478. The lowest BCUT2D eigenvalue weighted by Gasteiger charge is -2.13. The highest BCUT2D eigenvalue weighted by Gasteiger charge is 2.12. The van der Waals surface area contributed by atoms with Crippen molar-refractivity contribution in [2.45, 2.75) is 27.7 Å². The van der Waals surface area contributed by atoms with E-state index >= 15 is 0 Å². The fourth-order valence-corrected chi connectivity index (χ4v) is 3.18. The average Bonchev–Trinajstić information content (AvgIpc) is 2.64. The number of fused-ring (bicyclic) bond motifs is 1. The summed E-state index contributed by atoms with van der Waals surface area (Å²) in [5.41, 5.74) is 7.76. The van der Waals surface area contributed by atoms with E-state index in [0.29, 0.717) is 22.9 Å². The van der Waals surface area contributed by atoms with Gasteiger partial charge in [0.2, 0.25) is 5.95 Å². The second kappa shape index (κ2) is 7.23. The molecule has 4 aromatic rings. The number of nitrogens with zero attached hydrogens (tertiary/aromatic N) is 4. The van der Waals surface area contributed by atoms with Crippen LogP contribution in [0.1, 0.15) is 22.3 Å². The van der Waals surface area contributed by atoms with Crippen LogP contribution in [0.3, 0.4) is 0 Å². The van der Waals surface area contributed by atoms with Crippen molar-refractivity contribution in [1.82, 2.24) is 19.9 Å². The third-order valence-corrected chi connectivity index (χ3v) is 4.46. The molecule has 0 saturated heterocycles. The maximum atomic E-state index is 4.69. The van der Waals surface area contributed by atoms with Crippen LogP contribution in [0.15, 0.2) is 48.8 Å². The van der Waals surface area contributed by atoms with Gasteiger partial charge in [-0.05, 0) is 68.1 Å². The van der Waals surface area contributed by atoms with E-state index in [2.05, 4.69) is 94.7 Å². The van der Waals surface area contributed by atoms with Crippen LogP contribution in [-0.4, -0.2) is 19.9 Å². The molecular weight excluding hydrogens is 348 g/mol. The average molecular weight is 370 g/mol. The summed E-state index contributed by atoms with van der Waals surface area (Å²) in [4.78, 5) is 18.0. The summed E-state index contributed by atoms with van der Waals surface area (Å²) in [6.07, 6.45) is 3.29. The molecule has 0 radical (unpaired) electrons. The van der Waals surface area contributed by atoms with E-state index < -0.39 is 0 Å². The first-order chi connectivity index (χ1) is 13.5. The molecule has 0 amide bonds. The van der Waals surface area contributed by atoms with Crippen molar-refractivity contribution in [3.8, 4) is 0 Å². The first-order valence-corrected chi connectivity index (χ1v) is 9.16. The molecule has 28 heavy (non-hydrogen) atoms. The van der Waals surface area contributed by atoms with Gasteiger partial charge >= 0.3 is 0 Å². The van der Waals surface area contributed by atoms with Crippen molar-refractivity contribution in [3.05, 3.63) is 71.0 Å². The van der Waals surface area contributed by atoms with Gasteiger partial charge in [0.1, 0.15) is 0 Å². The molecule has 6 heteroatoms. The molecule has 0 aliphatic rings. The van der Waals surface area contributed by atoms with Crippen LogP contribution in [-0.2, 0) is 0 Å². The van der Waals surface area contributed by atoms with E-state index in [1.807, 2.05) is 0 Å². The minimum Gasteiger partial charge on any atom is -0.338 e. The van der Waals surface area contributed by atoms with E-state index in [9.17, 15) is 0 Å². The van der Waals surface area contributed by atoms with Crippen LogP contribution < -0.4 is 10.6 Å². The lowest BCUT2D eigenvalue weighted by atomic mass is 10.1. The number of aromatic nitrogens is 4. The molecular formula is C22H22N6. The number of hydrogen-bond acceptors (Lipinski definition) is 6. The highest BCUT2D eigenvalue weighted by Crippen LogP contribution is 2.26. The highest BCUT2D eigenvalue weighted by atomic mass is 15.2. The van der Waals surface area contributed by atoms with Gasteiger partial charge in [-0.15, -0.1) is 0 Å². The van der Waals surface area contributed by atoms with Gasteiger partial charge in [-0.3, -0.25) is 0 Å².